The maximum atomic E-state index is 9.30. The van der Waals surface area contributed by atoms with E-state index in [4.69, 9.17) is 5.73 Å². The Morgan fingerprint density at radius 3 is 2.61 bits per heavy atom. The highest BCUT2D eigenvalue weighted by atomic mass is 16.3. The Morgan fingerprint density at radius 2 is 2.11 bits per heavy atom. The lowest BCUT2D eigenvalue weighted by Gasteiger charge is -2.20. The molecule has 18 heavy (non-hydrogen) atoms. The number of aliphatic hydroxyl groups excluding tert-OH is 1. The van der Waals surface area contributed by atoms with Crippen molar-refractivity contribution in [3.63, 3.8) is 0 Å². The van der Waals surface area contributed by atoms with Crippen molar-refractivity contribution in [3.05, 3.63) is 35.4 Å². The van der Waals surface area contributed by atoms with Gasteiger partial charge in [-0.25, -0.2) is 0 Å². The highest BCUT2D eigenvalue weighted by Crippen LogP contribution is 2.39. The van der Waals surface area contributed by atoms with E-state index in [-0.39, 0.29) is 12.1 Å². The van der Waals surface area contributed by atoms with Crippen LogP contribution in [-0.2, 0) is 0 Å². The fourth-order valence-electron chi connectivity index (χ4n) is 2.71. The van der Waals surface area contributed by atoms with Crippen molar-refractivity contribution in [1.29, 1.82) is 0 Å². The number of aliphatic hydroxyl groups is 1. The van der Waals surface area contributed by atoms with Crippen molar-refractivity contribution < 1.29 is 5.11 Å². The molecule has 2 atom stereocenters. The monoisotopic (exact) mass is 246 g/mol. The van der Waals surface area contributed by atoms with Crippen molar-refractivity contribution in [2.75, 3.05) is 13.7 Å². The van der Waals surface area contributed by atoms with E-state index in [1.54, 1.807) is 0 Å². The molecule has 1 aromatic rings. The van der Waals surface area contributed by atoms with Gasteiger partial charge in [0, 0.05) is 18.3 Å². The fraction of sp³-hybridized carbons (Fsp3) is 0.533. The average Bonchev–Trinajstić information content (AvgIpc) is 2.81. The van der Waals surface area contributed by atoms with Gasteiger partial charge in [0.1, 0.15) is 0 Å². The van der Waals surface area contributed by atoms with Gasteiger partial charge in [-0.15, -0.1) is 0 Å². The number of aliphatic imine (C=N–C) groups is 1. The minimum Gasteiger partial charge on any atom is -0.394 e. The number of rotatable bonds is 3. The molecule has 2 rings (SSSR count). The van der Waals surface area contributed by atoms with E-state index in [1.807, 2.05) is 14.0 Å². The second-order valence-corrected chi connectivity index (χ2v) is 5.39. The standard InChI is InChI=1S/C15H22N2O/c1-11(17-2)12-3-5-13(6-4-12)14-7-8-15(16,9-14)10-18/h3-6,14,18H,7-10,16H2,1-2H3. The second-order valence-electron chi connectivity index (χ2n) is 5.39. The third kappa shape index (κ3) is 2.62. The summed E-state index contributed by atoms with van der Waals surface area (Å²) in [6.07, 6.45) is 2.85. The van der Waals surface area contributed by atoms with Gasteiger partial charge in [0.05, 0.1) is 6.61 Å². The summed E-state index contributed by atoms with van der Waals surface area (Å²) in [4.78, 5) is 4.19. The van der Waals surface area contributed by atoms with E-state index in [2.05, 4.69) is 29.3 Å². The second kappa shape index (κ2) is 5.21. The van der Waals surface area contributed by atoms with Crippen LogP contribution in [0.25, 0.3) is 0 Å². The third-order valence-corrected chi connectivity index (χ3v) is 4.09. The largest absolute Gasteiger partial charge is 0.394 e. The topological polar surface area (TPSA) is 58.6 Å². The molecular formula is C15H22N2O. The number of benzene rings is 1. The molecule has 0 amide bonds. The van der Waals surface area contributed by atoms with Crippen molar-refractivity contribution in [2.24, 2.45) is 10.7 Å². The molecule has 1 aliphatic carbocycles. The molecule has 3 N–H and O–H groups in total. The Kier molecular flexibility index (Phi) is 3.83. The average molecular weight is 246 g/mol. The van der Waals surface area contributed by atoms with Gasteiger partial charge in [-0.05, 0) is 43.2 Å². The molecule has 0 bridgehead atoms. The fourth-order valence-corrected chi connectivity index (χ4v) is 2.71. The molecule has 0 aliphatic heterocycles. The Hall–Kier alpha value is -1.19. The predicted octanol–water partition coefficient (Wildman–Crippen LogP) is 2.08. The van der Waals surface area contributed by atoms with Gasteiger partial charge >= 0.3 is 0 Å². The third-order valence-electron chi connectivity index (χ3n) is 4.09. The van der Waals surface area contributed by atoms with E-state index < -0.39 is 0 Å². The Bertz CT molecular complexity index is 438. The number of nitrogens with zero attached hydrogens (tertiary/aromatic N) is 1. The SMILES string of the molecule is CN=C(C)c1ccc(C2CCC(N)(CO)C2)cc1. The number of nitrogens with two attached hydrogens (primary N) is 1. The van der Waals surface area contributed by atoms with Crippen LogP contribution in [0.2, 0.25) is 0 Å². The molecule has 2 unspecified atom stereocenters. The van der Waals surface area contributed by atoms with Crippen molar-refractivity contribution >= 4 is 5.71 Å². The summed E-state index contributed by atoms with van der Waals surface area (Å²) in [5.41, 5.74) is 9.29. The summed E-state index contributed by atoms with van der Waals surface area (Å²) in [6, 6.07) is 8.57. The number of hydrogen-bond acceptors (Lipinski definition) is 3. The van der Waals surface area contributed by atoms with Crippen LogP contribution in [0.1, 0.15) is 43.2 Å². The minimum absolute atomic E-state index is 0.0865. The zero-order chi connectivity index (χ0) is 13.2. The quantitative estimate of drug-likeness (QED) is 0.802. The first-order chi connectivity index (χ1) is 8.58. The summed E-state index contributed by atoms with van der Waals surface area (Å²) >= 11 is 0. The summed E-state index contributed by atoms with van der Waals surface area (Å²) < 4.78 is 0. The van der Waals surface area contributed by atoms with E-state index in [1.165, 1.54) is 11.1 Å². The molecule has 3 nitrogen and oxygen atoms in total. The molecule has 3 heteroatoms. The van der Waals surface area contributed by atoms with Crippen molar-refractivity contribution in [2.45, 2.75) is 37.6 Å². The van der Waals surface area contributed by atoms with Gasteiger partial charge in [-0.1, -0.05) is 24.3 Å². The first-order valence-corrected chi connectivity index (χ1v) is 6.51. The normalized spacial score (nSPS) is 28.7. The molecule has 1 saturated carbocycles. The summed E-state index contributed by atoms with van der Waals surface area (Å²) in [5, 5.41) is 9.30. The van der Waals surface area contributed by atoms with Crippen LogP contribution in [0.4, 0.5) is 0 Å². The summed E-state index contributed by atoms with van der Waals surface area (Å²) in [7, 11) is 1.81. The molecule has 1 aromatic carbocycles. The van der Waals surface area contributed by atoms with Crippen LogP contribution in [0.15, 0.2) is 29.3 Å². The molecule has 98 valence electrons. The smallest absolute Gasteiger partial charge is 0.0611 e. The summed E-state index contributed by atoms with van der Waals surface area (Å²) in [6.45, 7) is 2.10. The van der Waals surface area contributed by atoms with Crippen LogP contribution in [-0.4, -0.2) is 30.0 Å². The Morgan fingerprint density at radius 1 is 1.44 bits per heavy atom. The molecule has 1 aliphatic rings. The zero-order valence-electron chi connectivity index (χ0n) is 11.2. The Labute approximate surface area is 109 Å². The van der Waals surface area contributed by atoms with Gasteiger partial charge < -0.3 is 10.8 Å². The van der Waals surface area contributed by atoms with Crippen LogP contribution < -0.4 is 5.73 Å². The molecule has 0 radical (unpaired) electrons. The molecule has 0 saturated heterocycles. The van der Waals surface area contributed by atoms with Crippen LogP contribution >= 0.6 is 0 Å². The van der Waals surface area contributed by atoms with Gasteiger partial charge in [0.25, 0.3) is 0 Å². The lowest BCUT2D eigenvalue weighted by Crippen LogP contribution is -2.40. The maximum Gasteiger partial charge on any atom is 0.0611 e. The van der Waals surface area contributed by atoms with Gasteiger partial charge in [-0.3, -0.25) is 4.99 Å². The molecular weight excluding hydrogens is 224 g/mol. The van der Waals surface area contributed by atoms with Crippen molar-refractivity contribution in [3.8, 4) is 0 Å². The molecule has 1 fully saturated rings. The zero-order valence-corrected chi connectivity index (χ0v) is 11.2. The minimum atomic E-state index is -0.371. The van der Waals surface area contributed by atoms with Crippen LogP contribution in [0.5, 0.6) is 0 Å². The molecule has 0 heterocycles. The first kappa shape index (κ1) is 13.2. The first-order valence-electron chi connectivity index (χ1n) is 6.51. The van der Waals surface area contributed by atoms with Crippen LogP contribution in [0, 0.1) is 0 Å². The lowest BCUT2D eigenvalue weighted by molar-refractivity contribution is 0.198. The van der Waals surface area contributed by atoms with Crippen LogP contribution in [0.3, 0.4) is 0 Å². The molecule has 0 aromatic heterocycles. The molecule has 0 spiro atoms. The van der Waals surface area contributed by atoms with E-state index in [0.29, 0.717) is 5.92 Å². The lowest BCUT2D eigenvalue weighted by atomic mass is 9.93. The van der Waals surface area contributed by atoms with Gasteiger partial charge in [0.2, 0.25) is 0 Å². The predicted molar refractivity (Wildman–Crippen MR) is 75.2 cm³/mol. The maximum absolute atomic E-state index is 9.30. The summed E-state index contributed by atoms with van der Waals surface area (Å²) in [5.74, 6) is 0.482. The van der Waals surface area contributed by atoms with Gasteiger partial charge in [-0.2, -0.15) is 0 Å². The number of hydrogen-bond donors (Lipinski definition) is 2. The van der Waals surface area contributed by atoms with E-state index in [0.717, 1.165) is 25.0 Å². The Balaban J connectivity index is 2.12. The van der Waals surface area contributed by atoms with Gasteiger partial charge in [0.15, 0.2) is 0 Å². The highest BCUT2D eigenvalue weighted by molar-refractivity contribution is 5.98. The highest BCUT2D eigenvalue weighted by Gasteiger charge is 2.35. The van der Waals surface area contributed by atoms with E-state index in [9.17, 15) is 5.11 Å². The van der Waals surface area contributed by atoms with Crippen molar-refractivity contribution in [1.82, 2.24) is 0 Å². The van der Waals surface area contributed by atoms with E-state index >= 15 is 0 Å².